The van der Waals surface area contributed by atoms with E-state index in [1.165, 1.54) is 6.16 Å². The molecule has 0 N–H and O–H groups in total. The van der Waals surface area contributed by atoms with Crippen molar-refractivity contribution in [3.63, 3.8) is 0 Å². The van der Waals surface area contributed by atoms with E-state index in [2.05, 4.69) is 47.8 Å². The van der Waals surface area contributed by atoms with Crippen molar-refractivity contribution in [2.45, 2.75) is 119 Å². The van der Waals surface area contributed by atoms with Crippen LogP contribution in [0, 0.1) is 35.5 Å². The van der Waals surface area contributed by atoms with Crippen molar-refractivity contribution in [2.75, 3.05) is 0 Å². The molecule has 0 saturated heterocycles. The molecule has 0 unspecified atom stereocenters. The Bertz CT molecular complexity index is 1420. The van der Waals surface area contributed by atoms with Crippen LogP contribution in [0.2, 0.25) is 19.6 Å². The normalized spacial score (nSPS) is 36.4. The van der Waals surface area contributed by atoms with E-state index in [1.807, 2.05) is 24.8 Å². The molecule has 0 atom stereocenters. The van der Waals surface area contributed by atoms with Gasteiger partial charge in [0.1, 0.15) is 0 Å². The van der Waals surface area contributed by atoms with Crippen LogP contribution in [0.15, 0.2) is 55.4 Å². The lowest BCUT2D eigenvalue weighted by Crippen LogP contribution is -2.56. The Hall–Kier alpha value is -1.54. The van der Waals surface area contributed by atoms with Crippen LogP contribution in [0.4, 0.5) is 0 Å². The van der Waals surface area contributed by atoms with Crippen LogP contribution < -0.4 is 16.1 Å². The first-order valence-corrected chi connectivity index (χ1v) is 25.0. The van der Waals surface area contributed by atoms with Crippen molar-refractivity contribution in [1.29, 1.82) is 0 Å². The number of rotatable bonds is 9. The summed E-state index contributed by atoms with van der Waals surface area (Å²) in [6, 6.07) is 7.86. The summed E-state index contributed by atoms with van der Waals surface area (Å²) in [4.78, 5) is 18.8. The maximum absolute atomic E-state index is 4.88. The molecule has 1 aromatic carbocycles. The van der Waals surface area contributed by atoms with Gasteiger partial charge < -0.3 is 0 Å². The van der Waals surface area contributed by atoms with Gasteiger partial charge in [-0.1, -0.05) is 50.9 Å². The van der Waals surface area contributed by atoms with Crippen LogP contribution in [0.5, 0.6) is 0 Å². The van der Waals surface area contributed by atoms with Gasteiger partial charge in [-0.25, -0.2) is 0 Å². The van der Waals surface area contributed by atoms with Crippen molar-refractivity contribution >= 4 is 40.0 Å². The van der Waals surface area contributed by atoms with E-state index in [0.717, 1.165) is 52.5 Å². The van der Waals surface area contributed by atoms with E-state index in [4.69, 9.17) is 9.97 Å². The van der Waals surface area contributed by atoms with E-state index in [9.17, 15) is 0 Å². The van der Waals surface area contributed by atoms with E-state index in [1.54, 1.807) is 106 Å². The second-order valence-corrected chi connectivity index (χ2v) is 28.1. The minimum absolute atomic E-state index is 0.110. The van der Waals surface area contributed by atoms with E-state index in [0.29, 0.717) is 10.3 Å². The summed E-state index contributed by atoms with van der Waals surface area (Å²) >= 11 is 0. The molecule has 11 rings (SSSR count). The number of aromatic nitrogens is 4. The van der Waals surface area contributed by atoms with Gasteiger partial charge in [-0.2, -0.15) is 0 Å². The number of hydrogen-bond acceptors (Lipinski definition) is 4. The Morgan fingerprint density at radius 1 is 0.609 bits per heavy atom. The summed E-state index contributed by atoms with van der Waals surface area (Å²) in [5.74, 6) is 6.17. The average molecular weight is 667 g/mol. The molecular formula is C39H52N4P2Si. The summed E-state index contributed by atoms with van der Waals surface area (Å²) in [5, 5.41) is 2.88. The Labute approximate surface area is 280 Å². The van der Waals surface area contributed by atoms with Crippen molar-refractivity contribution < 1.29 is 0 Å². The van der Waals surface area contributed by atoms with Gasteiger partial charge in [0.15, 0.2) is 0 Å². The second-order valence-electron chi connectivity index (χ2n) is 17.8. The molecule has 8 fully saturated rings. The summed E-state index contributed by atoms with van der Waals surface area (Å²) < 4.78 is 0. The largest absolute Gasteiger partial charge is 0.261 e. The van der Waals surface area contributed by atoms with Crippen molar-refractivity contribution in [3.05, 3.63) is 66.5 Å². The summed E-state index contributed by atoms with van der Waals surface area (Å²) in [7, 11) is -2.40. The van der Waals surface area contributed by atoms with Crippen LogP contribution in [0.3, 0.4) is 0 Å². The van der Waals surface area contributed by atoms with E-state index < -0.39 is 16.0 Å². The maximum Gasteiger partial charge on any atom is 0.0877 e. The molecule has 2 aromatic heterocycles. The average Bonchev–Trinajstić information content (AvgIpc) is 3.02. The molecule has 2 heterocycles. The van der Waals surface area contributed by atoms with Crippen molar-refractivity contribution in [3.8, 4) is 0 Å². The molecule has 0 radical (unpaired) electrons. The highest BCUT2D eigenvalue weighted by atomic mass is 31.1. The minimum atomic E-state index is -1.50. The Kier molecular flexibility index (Phi) is 7.64. The summed E-state index contributed by atoms with van der Waals surface area (Å²) in [6.45, 7) is 7.53. The molecular weight excluding hydrogens is 614 g/mol. The molecule has 0 spiro atoms. The van der Waals surface area contributed by atoms with Crippen LogP contribution in [-0.2, 0) is 12.3 Å². The van der Waals surface area contributed by atoms with Crippen molar-refractivity contribution in [2.24, 2.45) is 35.5 Å². The smallest absolute Gasteiger partial charge is 0.0877 e. The van der Waals surface area contributed by atoms with Gasteiger partial charge in [0, 0.05) is 38.9 Å². The molecule has 7 heteroatoms. The van der Waals surface area contributed by atoms with E-state index in [-0.39, 0.29) is 7.92 Å². The maximum atomic E-state index is 4.88. The fourth-order valence-corrected chi connectivity index (χ4v) is 20.9. The first kappa shape index (κ1) is 30.5. The predicted octanol–water partition coefficient (Wildman–Crippen LogP) is 8.36. The molecule has 8 bridgehead atoms. The van der Waals surface area contributed by atoms with Gasteiger partial charge in [0.05, 0.1) is 31.3 Å². The zero-order valence-electron chi connectivity index (χ0n) is 28.2. The Morgan fingerprint density at radius 3 is 1.46 bits per heavy atom. The number of hydrogen-bond donors (Lipinski definition) is 0. The van der Waals surface area contributed by atoms with Gasteiger partial charge in [-0.15, -0.1) is 0 Å². The molecule has 46 heavy (non-hydrogen) atoms. The monoisotopic (exact) mass is 666 g/mol. The molecule has 8 saturated carbocycles. The molecule has 8 aliphatic rings. The fraction of sp³-hybridized carbons (Fsp3) is 0.641. The third-order valence-corrected chi connectivity index (χ3v) is 21.8. The highest BCUT2D eigenvalue weighted by Gasteiger charge is 2.62. The van der Waals surface area contributed by atoms with Crippen molar-refractivity contribution in [1.82, 2.24) is 19.9 Å². The summed E-state index contributed by atoms with van der Waals surface area (Å²) in [6.07, 6.45) is 32.4. The standard InChI is InChI=1S/C39H52N4P2Si/c1-46(2,3)35-5-4-33(34(16-35)25-44(36-23-40-6-8-42-36)37-24-41-7-9-43-37)26-45(38-17-27-10-28(18-38)12-29(11-27)19-38)39-20-30-13-31(21-39)15-32(14-30)22-39/h4-9,16,23-24,27-32H,10-15,17-22,25-26H2,1-3H3. The molecule has 242 valence electrons. The second kappa shape index (κ2) is 11.5. The first-order valence-electron chi connectivity index (χ1n) is 18.4. The van der Waals surface area contributed by atoms with Gasteiger partial charge >= 0.3 is 0 Å². The third-order valence-electron chi connectivity index (χ3n) is 13.5. The molecule has 8 aliphatic carbocycles. The number of nitrogens with zero attached hydrogens (tertiary/aromatic N) is 4. The molecule has 4 nitrogen and oxygen atoms in total. The van der Waals surface area contributed by atoms with Gasteiger partial charge in [0.25, 0.3) is 0 Å². The van der Waals surface area contributed by atoms with Crippen LogP contribution >= 0.6 is 15.8 Å². The van der Waals surface area contributed by atoms with Gasteiger partial charge in [0.2, 0.25) is 0 Å². The number of benzene rings is 1. The minimum Gasteiger partial charge on any atom is -0.261 e. The topological polar surface area (TPSA) is 51.6 Å². The first-order chi connectivity index (χ1) is 22.2. The van der Waals surface area contributed by atoms with Gasteiger partial charge in [-0.05, 0) is 140 Å². The Morgan fingerprint density at radius 2 is 1.07 bits per heavy atom. The lowest BCUT2D eigenvalue weighted by Gasteiger charge is -2.67. The van der Waals surface area contributed by atoms with Crippen LogP contribution in [0.1, 0.15) is 88.2 Å². The molecule has 0 aliphatic heterocycles. The Balaban J connectivity index is 1.15. The lowest BCUT2D eigenvalue weighted by atomic mass is 9.55. The quantitative estimate of drug-likeness (QED) is 0.170. The highest BCUT2D eigenvalue weighted by molar-refractivity contribution is 7.71. The molecule has 0 amide bonds. The van der Waals surface area contributed by atoms with E-state index >= 15 is 0 Å². The predicted molar refractivity (Wildman–Crippen MR) is 196 cm³/mol. The van der Waals surface area contributed by atoms with Crippen LogP contribution in [-0.4, -0.2) is 38.3 Å². The highest BCUT2D eigenvalue weighted by Crippen LogP contribution is 2.79. The SMILES string of the molecule is C[Si](C)(C)c1ccc(CP(C23CC4CC(CC(C4)C2)C3)C23CC4CC(CC(C4)C2)C3)c(CP(c2cnccn2)c2cnccn2)c1. The van der Waals surface area contributed by atoms with Crippen LogP contribution in [0.25, 0.3) is 0 Å². The lowest BCUT2D eigenvalue weighted by molar-refractivity contribution is 0.0184. The van der Waals surface area contributed by atoms with Gasteiger partial charge in [-0.3, -0.25) is 19.9 Å². The fourth-order valence-electron chi connectivity index (χ4n) is 12.5. The zero-order valence-corrected chi connectivity index (χ0v) is 31.0. The third kappa shape index (κ3) is 5.47. The zero-order chi connectivity index (χ0) is 31.1. The summed E-state index contributed by atoms with van der Waals surface area (Å²) in [5.41, 5.74) is 5.42. The molecule has 3 aromatic rings.